The maximum atomic E-state index is 6.01. The standard InChI is InChI=1S/C18H22O2/c1-9-8-13-16-14(10(2)12(4)20-16)11(3)15(17(13)19-9)18(5,6)7/h8H,1-7H3. The molecule has 3 aromatic rings. The minimum atomic E-state index is 0.0401. The predicted octanol–water partition coefficient (Wildman–Crippen LogP) is 5.71. The second-order valence-corrected chi connectivity index (χ2v) is 6.84. The summed E-state index contributed by atoms with van der Waals surface area (Å²) >= 11 is 0. The summed E-state index contributed by atoms with van der Waals surface area (Å²) in [4.78, 5) is 0. The highest BCUT2D eigenvalue weighted by atomic mass is 16.3. The first-order chi connectivity index (χ1) is 9.21. The summed E-state index contributed by atoms with van der Waals surface area (Å²) in [7, 11) is 0. The van der Waals surface area contributed by atoms with Gasteiger partial charge in [-0.05, 0) is 50.3 Å². The van der Waals surface area contributed by atoms with Crippen molar-refractivity contribution in [3.8, 4) is 0 Å². The van der Waals surface area contributed by atoms with Gasteiger partial charge in [-0.15, -0.1) is 0 Å². The van der Waals surface area contributed by atoms with Crippen molar-refractivity contribution in [3.63, 3.8) is 0 Å². The van der Waals surface area contributed by atoms with Crippen molar-refractivity contribution in [3.05, 3.63) is 34.3 Å². The van der Waals surface area contributed by atoms with Gasteiger partial charge in [-0.2, -0.15) is 0 Å². The molecular weight excluding hydrogens is 248 g/mol. The van der Waals surface area contributed by atoms with E-state index in [1.54, 1.807) is 0 Å². The van der Waals surface area contributed by atoms with Crippen molar-refractivity contribution in [1.82, 2.24) is 0 Å². The van der Waals surface area contributed by atoms with Crippen LogP contribution in [0.4, 0.5) is 0 Å². The fourth-order valence-corrected chi connectivity index (χ4v) is 3.34. The van der Waals surface area contributed by atoms with E-state index >= 15 is 0 Å². The molecule has 2 heterocycles. The van der Waals surface area contributed by atoms with Crippen LogP contribution in [0, 0.1) is 27.7 Å². The highest BCUT2D eigenvalue weighted by molar-refractivity contribution is 6.08. The first kappa shape index (κ1) is 13.3. The first-order valence-corrected chi connectivity index (χ1v) is 7.14. The van der Waals surface area contributed by atoms with Gasteiger partial charge in [0.15, 0.2) is 0 Å². The molecular formula is C18H22O2. The Bertz CT molecular complexity index is 823. The second kappa shape index (κ2) is 3.91. The van der Waals surface area contributed by atoms with Crippen LogP contribution in [-0.4, -0.2) is 0 Å². The van der Waals surface area contributed by atoms with Crippen LogP contribution in [0.2, 0.25) is 0 Å². The lowest BCUT2D eigenvalue weighted by molar-refractivity contribution is 0.540. The van der Waals surface area contributed by atoms with Crippen molar-refractivity contribution in [2.75, 3.05) is 0 Å². The van der Waals surface area contributed by atoms with Crippen LogP contribution < -0.4 is 0 Å². The Hall–Kier alpha value is -1.70. The average molecular weight is 270 g/mol. The van der Waals surface area contributed by atoms with Crippen LogP contribution in [0.3, 0.4) is 0 Å². The predicted molar refractivity (Wildman–Crippen MR) is 83.6 cm³/mol. The topological polar surface area (TPSA) is 26.3 Å². The molecule has 0 fully saturated rings. The summed E-state index contributed by atoms with van der Waals surface area (Å²) in [5, 5.41) is 2.35. The lowest BCUT2D eigenvalue weighted by Gasteiger charge is -2.22. The van der Waals surface area contributed by atoms with Gasteiger partial charge in [0, 0.05) is 10.9 Å². The maximum Gasteiger partial charge on any atom is 0.145 e. The van der Waals surface area contributed by atoms with E-state index in [9.17, 15) is 0 Å². The largest absolute Gasteiger partial charge is 0.461 e. The Kier molecular flexibility index (Phi) is 2.60. The van der Waals surface area contributed by atoms with E-state index in [0.717, 1.165) is 28.1 Å². The molecule has 0 saturated heterocycles. The molecule has 0 amide bonds. The van der Waals surface area contributed by atoms with Crippen molar-refractivity contribution in [1.29, 1.82) is 0 Å². The summed E-state index contributed by atoms with van der Waals surface area (Å²) in [6.45, 7) is 15.1. The molecule has 0 N–H and O–H groups in total. The molecule has 0 spiro atoms. The Morgan fingerprint density at radius 1 is 0.850 bits per heavy atom. The molecule has 2 nitrogen and oxygen atoms in total. The summed E-state index contributed by atoms with van der Waals surface area (Å²) in [6, 6.07) is 2.09. The fourth-order valence-electron chi connectivity index (χ4n) is 3.34. The molecule has 1 aromatic carbocycles. The van der Waals surface area contributed by atoms with Crippen LogP contribution in [0.1, 0.15) is 49.0 Å². The molecule has 20 heavy (non-hydrogen) atoms. The molecule has 0 bridgehead atoms. The Morgan fingerprint density at radius 2 is 1.50 bits per heavy atom. The van der Waals surface area contributed by atoms with Gasteiger partial charge in [0.25, 0.3) is 0 Å². The molecule has 0 aliphatic heterocycles. The van der Waals surface area contributed by atoms with Gasteiger partial charge in [-0.3, -0.25) is 0 Å². The Morgan fingerprint density at radius 3 is 2.10 bits per heavy atom. The van der Waals surface area contributed by atoms with Crippen molar-refractivity contribution in [2.24, 2.45) is 0 Å². The number of fused-ring (bicyclic) bond motifs is 3. The van der Waals surface area contributed by atoms with Crippen molar-refractivity contribution in [2.45, 2.75) is 53.9 Å². The van der Waals surface area contributed by atoms with Gasteiger partial charge < -0.3 is 8.83 Å². The monoisotopic (exact) mass is 270 g/mol. The average Bonchev–Trinajstić information content (AvgIpc) is 2.79. The molecule has 2 heteroatoms. The summed E-state index contributed by atoms with van der Waals surface area (Å²) in [6.07, 6.45) is 0. The van der Waals surface area contributed by atoms with Gasteiger partial charge in [0.05, 0.1) is 5.39 Å². The van der Waals surface area contributed by atoms with E-state index in [-0.39, 0.29) is 5.41 Å². The lowest BCUT2D eigenvalue weighted by atomic mass is 9.81. The van der Waals surface area contributed by atoms with E-state index in [2.05, 4.69) is 40.7 Å². The molecule has 0 aliphatic rings. The maximum absolute atomic E-state index is 6.01. The lowest BCUT2D eigenvalue weighted by Crippen LogP contribution is -2.13. The van der Waals surface area contributed by atoms with E-state index in [4.69, 9.17) is 8.83 Å². The van der Waals surface area contributed by atoms with Crippen LogP contribution >= 0.6 is 0 Å². The van der Waals surface area contributed by atoms with E-state index in [1.807, 2.05) is 13.8 Å². The van der Waals surface area contributed by atoms with Crippen LogP contribution in [0.15, 0.2) is 14.9 Å². The van der Waals surface area contributed by atoms with Gasteiger partial charge in [-0.25, -0.2) is 0 Å². The fraction of sp³-hybridized carbons (Fsp3) is 0.444. The molecule has 0 atom stereocenters. The number of rotatable bonds is 0. The first-order valence-electron chi connectivity index (χ1n) is 7.14. The highest BCUT2D eigenvalue weighted by Gasteiger charge is 2.27. The normalized spacial score (nSPS) is 12.8. The quantitative estimate of drug-likeness (QED) is 0.523. The van der Waals surface area contributed by atoms with Crippen LogP contribution in [-0.2, 0) is 5.41 Å². The van der Waals surface area contributed by atoms with E-state index in [1.165, 1.54) is 22.1 Å². The van der Waals surface area contributed by atoms with Crippen molar-refractivity contribution < 1.29 is 8.83 Å². The molecule has 106 valence electrons. The zero-order valence-electron chi connectivity index (χ0n) is 13.4. The van der Waals surface area contributed by atoms with E-state index in [0.29, 0.717) is 0 Å². The Labute approximate surface area is 119 Å². The zero-order chi connectivity index (χ0) is 14.8. The molecule has 0 saturated carbocycles. The van der Waals surface area contributed by atoms with Crippen molar-refractivity contribution >= 4 is 21.9 Å². The molecule has 2 aromatic heterocycles. The number of furan rings is 2. The number of hydrogen-bond acceptors (Lipinski definition) is 2. The molecule has 0 radical (unpaired) electrons. The third kappa shape index (κ3) is 1.64. The summed E-state index contributed by atoms with van der Waals surface area (Å²) in [5.74, 6) is 1.93. The van der Waals surface area contributed by atoms with Gasteiger partial charge >= 0.3 is 0 Å². The number of hydrogen-bond donors (Lipinski definition) is 0. The number of benzene rings is 1. The number of aryl methyl sites for hydroxylation is 4. The van der Waals surface area contributed by atoms with Gasteiger partial charge in [0.1, 0.15) is 22.7 Å². The van der Waals surface area contributed by atoms with Gasteiger partial charge in [0.2, 0.25) is 0 Å². The third-order valence-electron chi connectivity index (χ3n) is 4.21. The second-order valence-electron chi connectivity index (χ2n) is 6.84. The highest BCUT2D eigenvalue weighted by Crippen LogP contribution is 2.42. The smallest absolute Gasteiger partial charge is 0.145 e. The molecule has 3 rings (SSSR count). The summed E-state index contributed by atoms with van der Waals surface area (Å²) < 4.78 is 12.0. The summed E-state index contributed by atoms with van der Waals surface area (Å²) in [5.41, 5.74) is 5.80. The minimum Gasteiger partial charge on any atom is -0.461 e. The molecule has 0 unspecified atom stereocenters. The van der Waals surface area contributed by atoms with Crippen LogP contribution in [0.25, 0.3) is 21.9 Å². The SMILES string of the molecule is Cc1cc2c(o1)c(C(C)(C)C)c(C)c1c(C)c(C)oc12. The van der Waals surface area contributed by atoms with Gasteiger partial charge in [-0.1, -0.05) is 20.8 Å². The Balaban J connectivity index is 2.65. The third-order valence-corrected chi connectivity index (χ3v) is 4.21. The van der Waals surface area contributed by atoms with E-state index < -0.39 is 0 Å². The molecule has 0 aliphatic carbocycles. The minimum absolute atomic E-state index is 0.0401. The zero-order valence-corrected chi connectivity index (χ0v) is 13.4. The van der Waals surface area contributed by atoms with Crippen LogP contribution in [0.5, 0.6) is 0 Å².